The van der Waals surface area contributed by atoms with Gasteiger partial charge in [0.25, 0.3) is 5.56 Å². The number of hydrogen-bond acceptors (Lipinski definition) is 3. The Balaban J connectivity index is 0.000000810. The van der Waals surface area contributed by atoms with E-state index in [2.05, 4.69) is 10.2 Å². The highest BCUT2D eigenvalue weighted by Gasteiger charge is 1.88. The predicted molar refractivity (Wildman–Crippen MR) is 38.7 cm³/mol. The molecule has 0 aromatic carbocycles. The number of ether oxygens (including phenoxy) is 1. The van der Waals surface area contributed by atoms with Gasteiger partial charge in [-0.1, -0.05) is 0 Å². The van der Waals surface area contributed by atoms with Crippen LogP contribution < -0.4 is 10.3 Å². The van der Waals surface area contributed by atoms with Gasteiger partial charge < -0.3 is 4.74 Å². The number of nitrogens with zero attached hydrogens (tertiary/aromatic N) is 1. The van der Waals surface area contributed by atoms with Gasteiger partial charge in [0, 0.05) is 6.07 Å². The normalized spacial score (nSPS) is 8.10. The molecule has 0 atom stereocenters. The van der Waals surface area contributed by atoms with Crippen molar-refractivity contribution < 1.29 is 4.74 Å². The lowest BCUT2D eigenvalue weighted by Crippen LogP contribution is -2.05. The summed E-state index contributed by atoms with van der Waals surface area (Å²) in [5.74, 6) is 0.471. The fourth-order valence-corrected chi connectivity index (χ4v) is 0.470. The van der Waals surface area contributed by atoms with Crippen molar-refractivity contribution in [2.24, 2.45) is 0 Å². The van der Waals surface area contributed by atoms with E-state index in [0.717, 1.165) is 0 Å². The lowest BCUT2D eigenvalue weighted by Gasteiger charge is -1.92. The maximum atomic E-state index is 10.5. The summed E-state index contributed by atoms with van der Waals surface area (Å²) in [5.41, 5.74) is -0.255. The van der Waals surface area contributed by atoms with Crippen LogP contribution in [0.1, 0.15) is 0 Å². The Bertz CT molecular complexity index is 247. The van der Waals surface area contributed by atoms with Gasteiger partial charge in [0.15, 0.2) is 0 Å². The first-order chi connectivity index (χ1) is 4.33. The maximum absolute atomic E-state index is 10.5. The minimum absolute atomic E-state index is 0. The van der Waals surface area contributed by atoms with Gasteiger partial charge in [-0.05, 0) is 0 Å². The average molecular weight is 163 g/mol. The molecule has 4 nitrogen and oxygen atoms in total. The molecular formula is C5H7ClN2O2. The van der Waals surface area contributed by atoms with E-state index in [4.69, 9.17) is 4.74 Å². The van der Waals surface area contributed by atoms with Gasteiger partial charge in [0.2, 0.25) is 0 Å². The molecule has 0 aliphatic rings. The molecule has 1 N–H and O–H groups in total. The van der Waals surface area contributed by atoms with Crippen molar-refractivity contribution in [1.82, 2.24) is 10.2 Å². The Morgan fingerprint density at radius 1 is 1.70 bits per heavy atom. The van der Waals surface area contributed by atoms with Crippen molar-refractivity contribution in [3.63, 3.8) is 0 Å². The van der Waals surface area contributed by atoms with Crippen LogP contribution in [-0.2, 0) is 0 Å². The highest BCUT2D eigenvalue weighted by Crippen LogP contribution is 1.98. The highest BCUT2D eigenvalue weighted by atomic mass is 35.5. The van der Waals surface area contributed by atoms with Crippen LogP contribution >= 0.6 is 12.4 Å². The second-order valence-electron chi connectivity index (χ2n) is 1.49. The summed E-state index contributed by atoms with van der Waals surface area (Å²) in [4.78, 5) is 10.5. The van der Waals surface area contributed by atoms with E-state index in [1.54, 1.807) is 0 Å². The maximum Gasteiger partial charge on any atom is 0.267 e. The minimum Gasteiger partial charge on any atom is -0.495 e. The van der Waals surface area contributed by atoms with Crippen LogP contribution in [0.15, 0.2) is 17.1 Å². The summed E-state index contributed by atoms with van der Waals surface area (Å²) in [7, 11) is 1.48. The third-order valence-corrected chi connectivity index (χ3v) is 0.876. The highest BCUT2D eigenvalue weighted by molar-refractivity contribution is 5.85. The second kappa shape index (κ2) is 3.90. The van der Waals surface area contributed by atoms with Gasteiger partial charge in [-0.15, -0.1) is 12.4 Å². The Labute approximate surface area is 63.6 Å². The summed E-state index contributed by atoms with van der Waals surface area (Å²) >= 11 is 0. The standard InChI is InChI=1S/C5H6N2O2.ClH/c1-9-4-2-5(8)7-6-3-4;/h2-3H,1H3,(H,7,8);1H. The summed E-state index contributed by atoms with van der Waals surface area (Å²) in [5, 5.41) is 5.71. The quantitative estimate of drug-likeness (QED) is 0.642. The lowest BCUT2D eigenvalue weighted by molar-refractivity contribution is 0.411. The first-order valence-electron chi connectivity index (χ1n) is 2.41. The molecule has 0 saturated carbocycles. The van der Waals surface area contributed by atoms with Crippen LogP contribution in [-0.4, -0.2) is 17.3 Å². The zero-order chi connectivity index (χ0) is 6.69. The van der Waals surface area contributed by atoms with E-state index in [1.165, 1.54) is 19.4 Å². The van der Waals surface area contributed by atoms with Crippen LogP contribution in [0.3, 0.4) is 0 Å². The Morgan fingerprint density at radius 2 is 2.40 bits per heavy atom. The zero-order valence-corrected chi connectivity index (χ0v) is 6.14. The molecule has 56 valence electrons. The molecule has 10 heavy (non-hydrogen) atoms. The van der Waals surface area contributed by atoms with E-state index < -0.39 is 0 Å². The number of hydrogen-bond donors (Lipinski definition) is 1. The first-order valence-corrected chi connectivity index (χ1v) is 2.41. The van der Waals surface area contributed by atoms with Crippen LogP contribution in [0.25, 0.3) is 0 Å². The molecule has 0 unspecified atom stereocenters. The molecule has 0 aliphatic carbocycles. The van der Waals surface area contributed by atoms with Crippen LogP contribution in [0, 0.1) is 0 Å². The van der Waals surface area contributed by atoms with E-state index in [9.17, 15) is 4.79 Å². The predicted octanol–water partition coefficient (Wildman–Crippen LogP) is 0.200. The monoisotopic (exact) mass is 162 g/mol. The molecule has 5 heteroatoms. The second-order valence-corrected chi connectivity index (χ2v) is 1.49. The lowest BCUT2D eigenvalue weighted by atomic mass is 10.5. The van der Waals surface area contributed by atoms with Gasteiger partial charge in [0.1, 0.15) is 5.75 Å². The smallest absolute Gasteiger partial charge is 0.267 e. The molecule has 0 bridgehead atoms. The summed E-state index contributed by atoms with van der Waals surface area (Å²) in [6.45, 7) is 0. The third-order valence-electron chi connectivity index (χ3n) is 0.876. The number of H-pyrrole nitrogens is 1. The fourth-order valence-electron chi connectivity index (χ4n) is 0.470. The number of halogens is 1. The third kappa shape index (κ3) is 2.06. The number of methoxy groups -OCH3 is 1. The average Bonchev–Trinajstić information content (AvgIpc) is 1.88. The summed E-state index contributed by atoms with van der Waals surface area (Å²) < 4.78 is 4.71. The largest absolute Gasteiger partial charge is 0.495 e. The number of rotatable bonds is 1. The van der Waals surface area contributed by atoms with Crippen molar-refractivity contribution in [1.29, 1.82) is 0 Å². The molecular weight excluding hydrogens is 156 g/mol. The van der Waals surface area contributed by atoms with E-state index in [1.807, 2.05) is 0 Å². The summed E-state index contributed by atoms with van der Waals surface area (Å²) in [6.07, 6.45) is 1.43. The molecule has 0 fully saturated rings. The van der Waals surface area contributed by atoms with Gasteiger partial charge in [-0.3, -0.25) is 4.79 Å². The first kappa shape index (κ1) is 8.97. The molecule has 1 rings (SSSR count). The van der Waals surface area contributed by atoms with Gasteiger partial charge in [-0.25, -0.2) is 5.10 Å². The minimum atomic E-state index is -0.255. The van der Waals surface area contributed by atoms with E-state index in [-0.39, 0.29) is 18.0 Å². The molecule has 0 saturated heterocycles. The van der Waals surface area contributed by atoms with Crippen molar-refractivity contribution in [3.8, 4) is 5.75 Å². The van der Waals surface area contributed by atoms with Crippen molar-refractivity contribution >= 4 is 12.4 Å². The SMILES string of the molecule is COc1cn[nH]c(=O)c1.Cl. The Hall–Kier alpha value is -1.03. The fraction of sp³-hybridized carbons (Fsp3) is 0.200. The van der Waals surface area contributed by atoms with Crippen molar-refractivity contribution in [2.75, 3.05) is 7.11 Å². The molecule has 0 aliphatic heterocycles. The van der Waals surface area contributed by atoms with Gasteiger partial charge >= 0.3 is 0 Å². The van der Waals surface area contributed by atoms with E-state index in [0.29, 0.717) is 5.75 Å². The molecule has 0 radical (unpaired) electrons. The van der Waals surface area contributed by atoms with Crippen LogP contribution in [0.2, 0.25) is 0 Å². The number of aromatic nitrogens is 2. The van der Waals surface area contributed by atoms with Gasteiger partial charge in [-0.2, -0.15) is 5.10 Å². The van der Waals surface area contributed by atoms with Crippen molar-refractivity contribution in [2.45, 2.75) is 0 Å². The molecule has 1 aromatic rings. The Kier molecular flexibility index (Phi) is 3.49. The molecule has 1 heterocycles. The van der Waals surface area contributed by atoms with Crippen LogP contribution in [0.4, 0.5) is 0 Å². The molecule has 0 amide bonds. The molecule has 0 spiro atoms. The molecule has 1 aromatic heterocycles. The van der Waals surface area contributed by atoms with E-state index >= 15 is 0 Å². The van der Waals surface area contributed by atoms with Gasteiger partial charge in [0.05, 0.1) is 13.3 Å². The van der Waals surface area contributed by atoms with Crippen molar-refractivity contribution in [3.05, 3.63) is 22.6 Å². The topological polar surface area (TPSA) is 55.0 Å². The number of aromatic amines is 1. The Morgan fingerprint density at radius 3 is 2.80 bits per heavy atom. The van der Waals surface area contributed by atoms with Crippen LogP contribution in [0.5, 0.6) is 5.75 Å². The summed E-state index contributed by atoms with van der Waals surface area (Å²) in [6, 6.07) is 1.33. The number of nitrogens with one attached hydrogen (secondary N) is 1. The zero-order valence-electron chi connectivity index (χ0n) is 5.33.